The van der Waals surface area contributed by atoms with Crippen LogP contribution in [0.25, 0.3) is 61.3 Å². The fraction of sp³-hybridized carbons (Fsp3) is 0. The summed E-state index contributed by atoms with van der Waals surface area (Å²) in [4.78, 5) is 2.31. The fourth-order valence-electron chi connectivity index (χ4n) is 7.36. The molecular weight excluding hydrogens is 629 g/mol. The molecule has 0 spiro atoms. The lowest BCUT2D eigenvalue weighted by molar-refractivity contribution is 1.20. The van der Waals surface area contributed by atoms with Crippen LogP contribution >= 0.6 is 0 Å². The van der Waals surface area contributed by atoms with Gasteiger partial charge >= 0.3 is 0 Å². The molecule has 2 heteroatoms. The van der Waals surface area contributed by atoms with E-state index < -0.39 is 0 Å². The van der Waals surface area contributed by atoms with Crippen LogP contribution < -0.4 is 4.90 Å². The van der Waals surface area contributed by atoms with Crippen molar-refractivity contribution in [2.75, 3.05) is 4.90 Å². The van der Waals surface area contributed by atoms with Crippen LogP contribution in [0.3, 0.4) is 0 Å². The molecular formula is C50H36N2. The second kappa shape index (κ2) is 13.8. The summed E-state index contributed by atoms with van der Waals surface area (Å²) < 4.78 is 2.35. The molecule has 0 N–H and O–H groups in total. The van der Waals surface area contributed by atoms with E-state index in [4.69, 9.17) is 0 Å². The van der Waals surface area contributed by atoms with Gasteiger partial charge in [0, 0.05) is 34.4 Å². The molecule has 0 saturated heterocycles. The predicted molar refractivity (Wildman–Crippen MR) is 219 cm³/mol. The number of pyridine rings is 1. The summed E-state index contributed by atoms with van der Waals surface area (Å²) in [5.74, 6) is 0. The van der Waals surface area contributed by atoms with Crippen molar-refractivity contribution in [2.45, 2.75) is 0 Å². The van der Waals surface area contributed by atoms with Crippen LogP contribution in [0.1, 0.15) is 0 Å². The minimum atomic E-state index is 1.11. The van der Waals surface area contributed by atoms with Crippen molar-refractivity contribution >= 4 is 22.6 Å². The molecule has 2 nitrogen and oxygen atoms in total. The van der Waals surface area contributed by atoms with Crippen LogP contribution in [0.5, 0.6) is 0 Å². The lowest BCUT2D eigenvalue weighted by Gasteiger charge is -2.26. The lowest BCUT2D eigenvalue weighted by atomic mass is 9.93. The molecule has 9 aromatic rings. The maximum atomic E-state index is 2.35. The quantitative estimate of drug-likeness (QED) is 0.157. The third kappa shape index (κ3) is 5.87. The molecule has 0 bridgehead atoms. The van der Waals surface area contributed by atoms with Crippen LogP contribution in [0.2, 0.25) is 0 Å². The Kier molecular flexibility index (Phi) is 8.24. The number of nitrogens with zero attached hydrogens (tertiary/aromatic N) is 2. The number of aromatic nitrogens is 1. The molecule has 9 rings (SSSR count). The monoisotopic (exact) mass is 664 g/mol. The predicted octanol–water partition coefficient (Wildman–Crippen LogP) is 13.7. The highest BCUT2D eigenvalue weighted by Crippen LogP contribution is 2.45. The molecule has 0 aliphatic rings. The van der Waals surface area contributed by atoms with E-state index >= 15 is 0 Å². The van der Waals surface area contributed by atoms with Crippen molar-refractivity contribution < 1.29 is 0 Å². The highest BCUT2D eigenvalue weighted by atomic mass is 15.1. The number of benzene rings is 7. The smallest absolute Gasteiger partial charge is 0.0613 e. The number of hydrogen-bond acceptors (Lipinski definition) is 1. The molecule has 0 aliphatic carbocycles. The topological polar surface area (TPSA) is 7.65 Å². The minimum absolute atomic E-state index is 1.11. The third-order valence-corrected chi connectivity index (χ3v) is 9.83. The summed E-state index contributed by atoms with van der Waals surface area (Å²) in [6.07, 6.45) is 2.18. The molecule has 2 aromatic heterocycles. The van der Waals surface area contributed by atoms with Gasteiger partial charge in [-0.05, 0) is 87.5 Å². The van der Waals surface area contributed by atoms with Crippen molar-refractivity contribution in [2.24, 2.45) is 0 Å². The first-order valence-corrected chi connectivity index (χ1v) is 17.8. The van der Waals surface area contributed by atoms with Crippen LogP contribution in [-0.4, -0.2) is 4.40 Å². The summed E-state index contributed by atoms with van der Waals surface area (Å²) in [6.45, 7) is 0. The maximum Gasteiger partial charge on any atom is 0.0613 e. The van der Waals surface area contributed by atoms with Gasteiger partial charge in [-0.25, -0.2) is 0 Å². The van der Waals surface area contributed by atoms with Crippen LogP contribution in [-0.2, 0) is 0 Å². The van der Waals surface area contributed by atoms with E-state index in [0.717, 1.165) is 17.1 Å². The highest BCUT2D eigenvalue weighted by Gasteiger charge is 2.22. The van der Waals surface area contributed by atoms with Gasteiger partial charge in [0.25, 0.3) is 0 Å². The zero-order valence-corrected chi connectivity index (χ0v) is 28.7. The summed E-state index contributed by atoms with van der Waals surface area (Å²) in [6, 6.07) is 75.9. The first-order chi connectivity index (χ1) is 25.8. The average molecular weight is 665 g/mol. The second-order valence-electron chi connectivity index (χ2n) is 13.0. The Balaban J connectivity index is 1.08. The first-order valence-electron chi connectivity index (χ1n) is 17.8. The SMILES string of the molecule is c1ccc(-c2ccc(N(c3ccccc3)c3ccc(-c4ccc(-c5c(-c6ccccc6)c(-c6ccccc6)c6ccccn56)cc4)cc3)cc2)cc1. The number of para-hydroxylation sites is 1. The summed E-state index contributed by atoms with van der Waals surface area (Å²) >= 11 is 0. The largest absolute Gasteiger partial charge is 0.315 e. The van der Waals surface area contributed by atoms with E-state index in [1.165, 1.54) is 61.3 Å². The first kappa shape index (κ1) is 31.1. The van der Waals surface area contributed by atoms with Crippen LogP contribution in [0, 0.1) is 0 Å². The van der Waals surface area contributed by atoms with E-state index in [-0.39, 0.29) is 0 Å². The summed E-state index contributed by atoms with van der Waals surface area (Å²) in [5.41, 5.74) is 16.6. The van der Waals surface area contributed by atoms with Gasteiger partial charge in [-0.2, -0.15) is 0 Å². The van der Waals surface area contributed by atoms with Gasteiger partial charge in [0.1, 0.15) is 0 Å². The Morgan fingerprint density at radius 3 is 1.15 bits per heavy atom. The van der Waals surface area contributed by atoms with Gasteiger partial charge < -0.3 is 9.30 Å². The zero-order chi connectivity index (χ0) is 34.7. The summed E-state index contributed by atoms with van der Waals surface area (Å²) in [5, 5.41) is 0. The normalized spacial score (nSPS) is 11.1. The molecule has 0 atom stereocenters. The Labute approximate surface area is 305 Å². The van der Waals surface area contributed by atoms with Crippen molar-refractivity contribution in [1.82, 2.24) is 4.40 Å². The molecule has 2 heterocycles. The fourth-order valence-corrected chi connectivity index (χ4v) is 7.36. The van der Waals surface area contributed by atoms with E-state index in [9.17, 15) is 0 Å². The summed E-state index contributed by atoms with van der Waals surface area (Å²) in [7, 11) is 0. The second-order valence-corrected chi connectivity index (χ2v) is 13.0. The Morgan fingerprint density at radius 2 is 0.635 bits per heavy atom. The van der Waals surface area contributed by atoms with E-state index in [2.05, 4.69) is 228 Å². The molecule has 246 valence electrons. The van der Waals surface area contributed by atoms with Gasteiger partial charge in [-0.15, -0.1) is 0 Å². The van der Waals surface area contributed by atoms with E-state index in [1.54, 1.807) is 0 Å². The molecule has 7 aromatic carbocycles. The van der Waals surface area contributed by atoms with Gasteiger partial charge in [0.15, 0.2) is 0 Å². The zero-order valence-electron chi connectivity index (χ0n) is 28.7. The van der Waals surface area contributed by atoms with Crippen molar-refractivity contribution in [3.8, 4) is 55.8 Å². The molecule has 0 unspecified atom stereocenters. The van der Waals surface area contributed by atoms with Crippen molar-refractivity contribution in [3.63, 3.8) is 0 Å². The maximum absolute atomic E-state index is 2.35. The minimum Gasteiger partial charge on any atom is -0.315 e. The third-order valence-electron chi connectivity index (χ3n) is 9.83. The lowest BCUT2D eigenvalue weighted by Crippen LogP contribution is -2.09. The average Bonchev–Trinajstić information content (AvgIpc) is 3.58. The standard InChI is InChI=1S/C50H36N2/c1-5-15-37(16-6-1)39-28-32-45(33-29-39)52(44-21-11-4-12-22-44)46-34-30-40(31-35-46)38-24-26-43(27-25-38)50-49(42-19-9-3-10-20-42)48(41-17-7-2-8-18-41)47-23-13-14-36-51(47)50/h1-36H. The van der Waals surface area contributed by atoms with E-state index in [1.807, 2.05) is 0 Å². The van der Waals surface area contributed by atoms with Crippen molar-refractivity contribution in [3.05, 3.63) is 219 Å². The van der Waals surface area contributed by atoms with Gasteiger partial charge in [0.2, 0.25) is 0 Å². The number of hydrogen-bond donors (Lipinski definition) is 0. The van der Waals surface area contributed by atoms with Gasteiger partial charge in [-0.1, -0.05) is 164 Å². The Hall–Kier alpha value is -6.90. The van der Waals surface area contributed by atoms with Gasteiger partial charge in [-0.3, -0.25) is 0 Å². The van der Waals surface area contributed by atoms with Crippen molar-refractivity contribution in [1.29, 1.82) is 0 Å². The Bertz CT molecular complexity index is 2550. The molecule has 0 radical (unpaired) electrons. The molecule has 0 fully saturated rings. The molecule has 0 aliphatic heterocycles. The number of anilines is 3. The molecule has 52 heavy (non-hydrogen) atoms. The van der Waals surface area contributed by atoms with Crippen LogP contribution in [0.15, 0.2) is 219 Å². The number of fused-ring (bicyclic) bond motifs is 1. The molecule has 0 saturated carbocycles. The molecule has 0 amide bonds. The van der Waals surface area contributed by atoms with E-state index in [0.29, 0.717) is 0 Å². The highest BCUT2D eigenvalue weighted by molar-refractivity contribution is 6.03. The van der Waals surface area contributed by atoms with Crippen LogP contribution in [0.4, 0.5) is 17.1 Å². The Morgan fingerprint density at radius 1 is 0.269 bits per heavy atom. The number of rotatable bonds is 8. The van der Waals surface area contributed by atoms with Gasteiger partial charge in [0.05, 0.1) is 11.2 Å².